The van der Waals surface area contributed by atoms with Gasteiger partial charge in [-0.15, -0.1) is 0 Å². The van der Waals surface area contributed by atoms with Crippen LogP contribution in [0.3, 0.4) is 0 Å². The molecule has 1 aromatic rings. The fourth-order valence-corrected chi connectivity index (χ4v) is 1.59. The SMILES string of the molecule is CCNC(C)C(C)Cc1cccnc1. The number of hydrogen-bond donors (Lipinski definition) is 1. The molecule has 1 N–H and O–H groups in total. The third kappa shape index (κ3) is 3.46. The molecule has 0 aliphatic rings. The molecule has 14 heavy (non-hydrogen) atoms. The molecule has 0 saturated carbocycles. The molecule has 0 aliphatic carbocycles. The predicted octanol–water partition coefficient (Wildman–Crippen LogP) is 2.26. The number of nitrogens with zero attached hydrogens (tertiary/aromatic N) is 1. The van der Waals surface area contributed by atoms with Crippen LogP contribution in [0.4, 0.5) is 0 Å². The average molecular weight is 192 g/mol. The Labute approximate surface area is 86.8 Å². The maximum absolute atomic E-state index is 4.12. The van der Waals surface area contributed by atoms with Gasteiger partial charge in [-0.2, -0.15) is 0 Å². The Morgan fingerprint density at radius 3 is 2.79 bits per heavy atom. The number of pyridine rings is 1. The van der Waals surface area contributed by atoms with Crippen LogP contribution in [-0.4, -0.2) is 17.6 Å². The molecule has 78 valence electrons. The van der Waals surface area contributed by atoms with Gasteiger partial charge in [0.1, 0.15) is 0 Å². The highest BCUT2D eigenvalue weighted by Gasteiger charge is 2.11. The maximum Gasteiger partial charge on any atom is 0.0299 e. The number of aromatic nitrogens is 1. The fourth-order valence-electron chi connectivity index (χ4n) is 1.59. The minimum absolute atomic E-state index is 0.570. The molecule has 0 saturated heterocycles. The Balaban J connectivity index is 2.44. The van der Waals surface area contributed by atoms with Crippen LogP contribution in [0.25, 0.3) is 0 Å². The van der Waals surface area contributed by atoms with E-state index in [2.05, 4.69) is 37.1 Å². The number of hydrogen-bond acceptors (Lipinski definition) is 2. The Bertz CT molecular complexity index is 246. The molecule has 0 aliphatic heterocycles. The van der Waals surface area contributed by atoms with Crippen LogP contribution in [-0.2, 0) is 6.42 Å². The van der Waals surface area contributed by atoms with Gasteiger partial charge in [-0.3, -0.25) is 4.98 Å². The zero-order valence-corrected chi connectivity index (χ0v) is 9.33. The first kappa shape index (κ1) is 11.2. The molecule has 2 unspecified atom stereocenters. The van der Waals surface area contributed by atoms with E-state index < -0.39 is 0 Å². The van der Waals surface area contributed by atoms with E-state index >= 15 is 0 Å². The molecule has 0 amide bonds. The van der Waals surface area contributed by atoms with Gasteiger partial charge in [-0.25, -0.2) is 0 Å². The van der Waals surface area contributed by atoms with Crippen molar-refractivity contribution in [2.24, 2.45) is 5.92 Å². The van der Waals surface area contributed by atoms with Gasteiger partial charge in [0.05, 0.1) is 0 Å². The van der Waals surface area contributed by atoms with Crippen molar-refractivity contribution in [3.05, 3.63) is 30.1 Å². The monoisotopic (exact) mass is 192 g/mol. The molecular formula is C12H20N2. The molecule has 2 nitrogen and oxygen atoms in total. The summed E-state index contributed by atoms with van der Waals surface area (Å²) in [7, 11) is 0. The van der Waals surface area contributed by atoms with Crippen molar-refractivity contribution in [1.29, 1.82) is 0 Å². The lowest BCUT2D eigenvalue weighted by Gasteiger charge is -2.20. The van der Waals surface area contributed by atoms with Crippen LogP contribution in [0.5, 0.6) is 0 Å². The molecule has 1 aromatic heterocycles. The zero-order valence-electron chi connectivity index (χ0n) is 9.33. The lowest BCUT2D eigenvalue weighted by Crippen LogP contribution is -2.32. The number of nitrogens with one attached hydrogen (secondary N) is 1. The van der Waals surface area contributed by atoms with Crippen molar-refractivity contribution in [1.82, 2.24) is 10.3 Å². The summed E-state index contributed by atoms with van der Waals surface area (Å²) in [5.74, 6) is 0.652. The predicted molar refractivity (Wildman–Crippen MR) is 60.2 cm³/mol. The van der Waals surface area contributed by atoms with Crippen LogP contribution in [0.15, 0.2) is 24.5 Å². The fraction of sp³-hybridized carbons (Fsp3) is 0.583. The summed E-state index contributed by atoms with van der Waals surface area (Å²) in [6, 6.07) is 4.71. The van der Waals surface area contributed by atoms with Crippen molar-refractivity contribution in [3.8, 4) is 0 Å². The first-order valence-electron chi connectivity index (χ1n) is 5.36. The first-order valence-corrected chi connectivity index (χ1v) is 5.36. The van der Waals surface area contributed by atoms with Crippen LogP contribution in [0, 0.1) is 5.92 Å². The molecule has 0 spiro atoms. The second-order valence-corrected chi connectivity index (χ2v) is 3.89. The van der Waals surface area contributed by atoms with Crippen molar-refractivity contribution < 1.29 is 0 Å². The maximum atomic E-state index is 4.12. The van der Waals surface area contributed by atoms with E-state index in [0.717, 1.165) is 13.0 Å². The highest BCUT2D eigenvalue weighted by atomic mass is 14.9. The lowest BCUT2D eigenvalue weighted by atomic mass is 9.96. The van der Waals surface area contributed by atoms with Gasteiger partial charge in [0.25, 0.3) is 0 Å². The van der Waals surface area contributed by atoms with E-state index in [4.69, 9.17) is 0 Å². The third-order valence-corrected chi connectivity index (χ3v) is 2.66. The van der Waals surface area contributed by atoms with E-state index in [1.54, 1.807) is 0 Å². The van der Waals surface area contributed by atoms with Crippen LogP contribution in [0.1, 0.15) is 26.3 Å². The van der Waals surface area contributed by atoms with Gasteiger partial charge < -0.3 is 5.32 Å². The summed E-state index contributed by atoms with van der Waals surface area (Å²) >= 11 is 0. The molecule has 2 heteroatoms. The van der Waals surface area contributed by atoms with Gasteiger partial charge >= 0.3 is 0 Å². The average Bonchev–Trinajstić information content (AvgIpc) is 2.19. The minimum Gasteiger partial charge on any atom is -0.314 e. The zero-order chi connectivity index (χ0) is 10.4. The largest absolute Gasteiger partial charge is 0.314 e. The van der Waals surface area contributed by atoms with E-state index in [9.17, 15) is 0 Å². The molecule has 0 bridgehead atoms. The smallest absolute Gasteiger partial charge is 0.0299 e. The summed E-state index contributed by atoms with van der Waals surface area (Å²) in [6.07, 6.45) is 4.87. The van der Waals surface area contributed by atoms with Gasteiger partial charge in [0, 0.05) is 18.4 Å². The Morgan fingerprint density at radius 2 is 2.21 bits per heavy atom. The van der Waals surface area contributed by atoms with Gasteiger partial charge in [0.15, 0.2) is 0 Å². The second kappa shape index (κ2) is 5.76. The van der Waals surface area contributed by atoms with Crippen molar-refractivity contribution in [3.63, 3.8) is 0 Å². The van der Waals surface area contributed by atoms with Gasteiger partial charge in [0.2, 0.25) is 0 Å². The molecule has 0 fully saturated rings. The lowest BCUT2D eigenvalue weighted by molar-refractivity contribution is 0.406. The van der Waals surface area contributed by atoms with E-state index in [1.807, 2.05) is 18.5 Å². The summed E-state index contributed by atoms with van der Waals surface area (Å²) in [4.78, 5) is 4.12. The first-order chi connectivity index (χ1) is 6.74. The highest BCUT2D eigenvalue weighted by Crippen LogP contribution is 2.10. The molecule has 2 atom stereocenters. The van der Waals surface area contributed by atoms with Crippen LogP contribution in [0.2, 0.25) is 0 Å². The standard InChI is InChI=1S/C12H20N2/c1-4-14-11(3)10(2)8-12-6-5-7-13-9-12/h5-7,9-11,14H,4,8H2,1-3H3. The van der Waals surface area contributed by atoms with Crippen molar-refractivity contribution >= 4 is 0 Å². The molecule has 1 rings (SSSR count). The summed E-state index contributed by atoms with van der Waals surface area (Å²) < 4.78 is 0. The van der Waals surface area contributed by atoms with E-state index in [1.165, 1.54) is 5.56 Å². The van der Waals surface area contributed by atoms with E-state index in [-0.39, 0.29) is 0 Å². The van der Waals surface area contributed by atoms with Crippen molar-refractivity contribution in [2.45, 2.75) is 33.2 Å². The molecule has 0 radical (unpaired) electrons. The Hall–Kier alpha value is -0.890. The summed E-state index contributed by atoms with van der Waals surface area (Å²) in [6.45, 7) is 7.71. The third-order valence-electron chi connectivity index (χ3n) is 2.66. The summed E-state index contributed by atoms with van der Waals surface area (Å²) in [5, 5.41) is 3.45. The normalized spacial score (nSPS) is 15.1. The second-order valence-electron chi connectivity index (χ2n) is 3.89. The van der Waals surface area contributed by atoms with E-state index in [0.29, 0.717) is 12.0 Å². The topological polar surface area (TPSA) is 24.9 Å². The Kier molecular flexibility index (Phi) is 4.60. The Morgan fingerprint density at radius 1 is 1.43 bits per heavy atom. The van der Waals surface area contributed by atoms with Crippen LogP contribution < -0.4 is 5.32 Å². The van der Waals surface area contributed by atoms with Gasteiger partial charge in [-0.05, 0) is 37.4 Å². The quantitative estimate of drug-likeness (QED) is 0.774. The summed E-state index contributed by atoms with van der Waals surface area (Å²) in [5.41, 5.74) is 1.32. The van der Waals surface area contributed by atoms with Crippen LogP contribution >= 0.6 is 0 Å². The highest BCUT2D eigenvalue weighted by molar-refractivity contribution is 5.09. The molecular weight excluding hydrogens is 172 g/mol. The minimum atomic E-state index is 0.570. The van der Waals surface area contributed by atoms with Gasteiger partial charge in [-0.1, -0.05) is 19.9 Å². The molecule has 1 heterocycles. The van der Waals surface area contributed by atoms with Crippen molar-refractivity contribution in [2.75, 3.05) is 6.54 Å². The number of rotatable bonds is 5. The molecule has 0 aromatic carbocycles.